The van der Waals surface area contributed by atoms with E-state index in [9.17, 15) is 9.50 Å². The molecule has 0 radical (unpaired) electrons. The summed E-state index contributed by atoms with van der Waals surface area (Å²) in [5.41, 5.74) is 0.319. The lowest BCUT2D eigenvalue weighted by molar-refractivity contribution is -0.0254. The van der Waals surface area contributed by atoms with Crippen molar-refractivity contribution >= 4 is 0 Å². The highest BCUT2D eigenvalue weighted by Gasteiger charge is 2.42. The van der Waals surface area contributed by atoms with Crippen molar-refractivity contribution in [2.75, 3.05) is 0 Å². The number of aromatic nitrogens is 1. The lowest BCUT2D eigenvalue weighted by atomic mass is 9.69. The van der Waals surface area contributed by atoms with Gasteiger partial charge in [0, 0.05) is 17.7 Å². The molecule has 2 nitrogen and oxygen atoms in total. The van der Waals surface area contributed by atoms with Crippen LogP contribution in [0.3, 0.4) is 0 Å². The monoisotopic (exact) mass is 271 g/mol. The maximum Gasteiger partial charge on any atom is 0.147 e. The normalized spacial score (nSPS) is 26.4. The molecule has 1 aromatic heterocycles. The molecule has 0 aliphatic heterocycles. The van der Waals surface area contributed by atoms with Crippen LogP contribution in [0, 0.1) is 5.82 Å². The SMILES string of the molecule is OC1(c2ccncc2F)CCCCC1c1ccccc1. The molecule has 1 aromatic carbocycles. The fraction of sp³-hybridized carbons (Fsp3) is 0.353. The Bertz CT molecular complexity index is 587. The predicted octanol–water partition coefficient (Wildman–Crippen LogP) is 3.77. The zero-order chi connectivity index (χ0) is 14.0. The summed E-state index contributed by atoms with van der Waals surface area (Å²) in [7, 11) is 0. The van der Waals surface area contributed by atoms with Gasteiger partial charge in [0.2, 0.25) is 0 Å². The van der Waals surface area contributed by atoms with Gasteiger partial charge in [0.1, 0.15) is 5.82 Å². The van der Waals surface area contributed by atoms with Crippen LogP contribution in [0.4, 0.5) is 4.39 Å². The van der Waals surface area contributed by atoms with Gasteiger partial charge in [-0.25, -0.2) is 4.39 Å². The van der Waals surface area contributed by atoms with E-state index >= 15 is 0 Å². The first-order valence-corrected chi connectivity index (χ1v) is 7.09. The average molecular weight is 271 g/mol. The molecule has 0 spiro atoms. The van der Waals surface area contributed by atoms with E-state index in [-0.39, 0.29) is 5.92 Å². The fourth-order valence-electron chi connectivity index (χ4n) is 3.33. The van der Waals surface area contributed by atoms with Crippen molar-refractivity contribution in [1.82, 2.24) is 4.98 Å². The highest BCUT2D eigenvalue weighted by molar-refractivity contribution is 5.31. The number of rotatable bonds is 2. The molecule has 1 aliphatic rings. The van der Waals surface area contributed by atoms with Gasteiger partial charge in [-0.3, -0.25) is 4.98 Å². The fourth-order valence-corrected chi connectivity index (χ4v) is 3.33. The smallest absolute Gasteiger partial charge is 0.147 e. The standard InChI is InChI=1S/C17H18FNO/c18-16-12-19-11-9-15(16)17(20)10-5-4-8-14(17)13-6-2-1-3-7-13/h1-3,6-7,9,11-12,14,20H,4-5,8,10H2. The molecule has 3 rings (SSSR count). The van der Waals surface area contributed by atoms with Crippen molar-refractivity contribution in [3.63, 3.8) is 0 Å². The van der Waals surface area contributed by atoms with E-state index in [1.54, 1.807) is 12.3 Å². The van der Waals surface area contributed by atoms with Crippen LogP contribution in [-0.2, 0) is 5.60 Å². The van der Waals surface area contributed by atoms with Crippen molar-refractivity contribution in [2.45, 2.75) is 37.2 Å². The molecule has 3 heteroatoms. The van der Waals surface area contributed by atoms with E-state index in [2.05, 4.69) is 4.98 Å². The largest absolute Gasteiger partial charge is 0.384 e. The Hall–Kier alpha value is -1.74. The van der Waals surface area contributed by atoms with E-state index in [1.165, 1.54) is 6.20 Å². The molecule has 1 fully saturated rings. The van der Waals surface area contributed by atoms with E-state index in [0.29, 0.717) is 12.0 Å². The quantitative estimate of drug-likeness (QED) is 0.902. The molecule has 104 valence electrons. The van der Waals surface area contributed by atoms with Crippen LogP contribution in [0.25, 0.3) is 0 Å². The van der Waals surface area contributed by atoms with Crippen LogP contribution in [-0.4, -0.2) is 10.1 Å². The number of hydrogen-bond acceptors (Lipinski definition) is 2. The highest BCUT2D eigenvalue weighted by atomic mass is 19.1. The number of hydrogen-bond donors (Lipinski definition) is 1. The van der Waals surface area contributed by atoms with Gasteiger partial charge in [0.05, 0.1) is 11.8 Å². The summed E-state index contributed by atoms with van der Waals surface area (Å²) >= 11 is 0. The number of benzene rings is 1. The second kappa shape index (κ2) is 5.33. The molecule has 1 saturated carbocycles. The first-order chi connectivity index (χ1) is 9.72. The molecule has 1 N–H and O–H groups in total. The molecular formula is C17H18FNO. The Balaban J connectivity index is 2.06. The van der Waals surface area contributed by atoms with Crippen LogP contribution in [0.15, 0.2) is 48.8 Å². The van der Waals surface area contributed by atoms with Crippen molar-refractivity contribution in [2.24, 2.45) is 0 Å². The Labute approximate surface area is 118 Å². The molecule has 0 saturated heterocycles. The first kappa shape index (κ1) is 13.3. The van der Waals surface area contributed by atoms with Gasteiger partial charge >= 0.3 is 0 Å². The van der Waals surface area contributed by atoms with Crippen LogP contribution in [0.2, 0.25) is 0 Å². The van der Waals surface area contributed by atoms with Crippen LogP contribution < -0.4 is 0 Å². The van der Waals surface area contributed by atoms with Crippen LogP contribution >= 0.6 is 0 Å². The average Bonchev–Trinajstić information content (AvgIpc) is 2.49. The summed E-state index contributed by atoms with van der Waals surface area (Å²) in [6.45, 7) is 0. The van der Waals surface area contributed by atoms with E-state index in [0.717, 1.165) is 24.8 Å². The van der Waals surface area contributed by atoms with Gasteiger partial charge in [0.25, 0.3) is 0 Å². The molecule has 2 unspecified atom stereocenters. The lowest BCUT2D eigenvalue weighted by Gasteiger charge is -2.40. The first-order valence-electron chi connectivity index (χ1n) is 7.09. The summed E-state index contributed by atoms with van der Waals surface area (Å²) in [5.74, 6) is -0.479. The lowest BCUT2D eigenvalue weighted by Crippen LogP contribution is -2.37. The van der Waals surface area contributed by atoms with Gasteiger partial charge < -0.3 is 5.11 Å². The zero-order valence-corrected chi connectivity index (χ0v) is 11.3. The summed E-state index contributed by atoms with van der Waals surface area (Å²) in [4.78, 5) is 3.78. The topological polar surface area (TPSA) is 33.1 Å². The maximum absolute atomic E-state index is 14.1. The molecule has 0 bridgehead atoms. The van der Waals surface area contributed by atoms with Crippen molar-refractivity contribution in [3.8, 4) is 0 Å². The minimum atomic E-state index is -1.13. The minimum Gasteiger partial charge on any atom is -0.384 e. The summed E-state index contributed by atoms with van der Waals surface area (Å²) in [5, 5.41) is 11.2. The van der Waals surface area contributed by atoms with E-state index in [1.807, 2.05) is 30.3 Å². The number of aliphatic hydroxyl groups is 1. The van der Waals surface area contributed by atoms with Gasteiger partial charge in [-0.15, -0.1) is 0 Å². The maximum atomic E-state index is 14.1. The number of nitrogens with zero attached hydrogens (tertiary/aromatic N) is 1. The summed E-state index contributed by atoms with van der Waals surface area (Å²) in [6.07, 6.45) is 6.18. The Morgan fingerprint density at radius 2 is 1.95 bits per heavy atom. The number of pyridine rings is 1. The Morgan fingerprint density at radius 3 is 2.70 bits per heavy atom. The van der Waals surface area contributed by atoms with Crippen LogP contribution in [0.5, 0.6) is 0 Å². The molecule has 2 aromatic rings. The second-order valence-electron chi connectivity index (χ2n) is 5.49. The molecular weight excluding hydrogens is 253 g/mol. The van der Waals surface area contributed by atoms with Crippen molar-refractivity contribution < 1.29 is 9.50 Å². The zero-order valence-electron chi connectivity index (χ0n) is 11.3. The van der Waals surface area contributed by atoms with Gasteiger partial charge in [-0.05, 0) is 24.5 Å². The van der Waals surface area contributed by atoms with Gasteiger partial charge in [0.15, 0.2) is 0 Å². The molecule has 1 heterocycles. The van der Waals surface area contributed by atoms with E-state index in [4.69, 9.17) is 0 Å². The van der Waals surface area contributed by atoms with Crippen molar-refractivity contribution in [3.05, 3.63) is 65.7 Å². The second-order valence-corrected chi connectivity index (χ2v) is 5.49. The number of halogens is 1. The molecule has 1 aliphatic carbocycles. The summed E-state index contributed by atoms with van der Waals surface area (Å²) < 4.78 is 14.1. The molecule has 20 heavy (non-hydrogen) atoms. The third-order valence-corrected chi connectivity index (χ3v) is 4.32. The van der Waals surface area contributed by atoms with E-state index < -0.39 is 11.4 Å². The van der Waals surface area contributed by atoms with Gasteiger partial charge in [-0.2, -0.15) is 0 Å². The summed E-state index contributed by atoms with van der Waals surface area (Å²) in [6, 6.07) is 11.5. The van der Waals surface area contributed by atoms with Gasteiger partial charge in [-0.1, -0.05) is 43.2 Å². The van der Waals surface area contributed by atoms with Crippen molar-refractivity contribution in [1.29, 1.82) is 0 Å². The molecule has 0 amide bonds. The molecule has 2 atom stereocenters. The predicted molar refractivity (Wildman–Crippen MR) is 75.7 cm³/mol. The third kappa shape index (κ3) is 2.22. The third-order valence-electron chi connectivity index (χ3n) is 4.32. The Morgan fingerprint density at radius 1 is 1.15 bits per heavy atom. The minimum absolute atomic E-state index is 0.0608. The highest BCUT2D eigenvalue weighted by Crippen LogP contribution is 2.47. The van der Waals surface area contributed by atoms with Crippen LogP contribution in [0.1, 0.15) is 42.7 Å². The Kier molecular flexibility index (Phi) is 3.53.